The molecule has 0 unspecified atom stereocenters. The summed E-state index contributed by atoms with van der Waals surface area (Å²) in [6.07, 6.45) is 0. The van der Waals surface area contributed by atoms with Gasteiger partial charge in [-0.1, -0.05) is 0 Å². The highest BCUT2D eigenvalue weighted by atomic mass is 32.1. The van der Waals surface area contributed by atoms with E-state index in [9.17, 15) is 4.79 Å². The van der Waals surface area contributed by atoms with E-state index in [1.165, 1.54) is 6.92 Å². The molecular formula is C8H12N4OS. The zero-order valence-electron chi connectivity index (χ0n) is 7.99. The molecule has 2 heterocycles. The Bertz CT molecular complexity index is 332. The molecule has 0 aromatic carbocycles. The molecule has 76 valence electrons. The van der Waals surface area contributed by atoms with Crippen LogP contribution in [0.4, 0.5) is 5.82 Å². The summed E-state index contributed by atoms with van der Waals surface area (Å²) in [6.45, 7) is 5.20. The zero-order valence-corrected chi connectivity index (χ0v) is 8.80. The number of anilines is 1. The largest absolute Gasteiger partial charge is 0.351 e. The summed E-state index contributed by atoms with van der Waals surface area (Å²) in [7, 11) is 0. The van der Waals surface area contributed by atoms with Crippen LogP contribution in [-0.4, -0.2) is 40.7 Å². The Hall–Kier alpha value is -1.01. The van der Waals surface area contributed by atoms with E-state index in [1.54, 1.807) is 0 Å². The van der Waals surface area contributed by atoms with Crippen LogP contribution in [0.3, 0.4) is 0 Å². The molecule has 2 rings (SSSR count). The van der Waals surface area contributed by atoms with Crippen molar-refractivity contribution in [1.82, 2.24) is 14.1 Å². The predicted molar refractivity (Wildman–Crippen MR) is 55.0 cm³/mol. The molecule has 1 aromatic rings. The van der Waals surface area contributed by atoms with Crippen molar-refractivity contribution in [1.29, 1.82) is 0 Å². The SMILES string of the molecule is CC(=O)c1nsnc1N1CCNCC1. The lowest BCUT2D eigenvalue weighted by atomic mass is 10.3. The minimum absolute atomic E-state index is 0.00715. The number of nitrogens with zero attached hydrogens (tertiary/aromatic N) is 3. The lowest BCUT2D eigenvalue weighted by Crippen LogP contribution is -2.44. The fourth-order valence-corrected chi connectivity index (χ4v) is 2.10. The quantitative estimate of drug-likeness (QED) is 0.707. The number of rotatable bonds is 2. The van der Waals surface area contributed by atoms with Gasteiger partial charge in [0, 0.05) is 33.1 Å². The molecule has 0 saturated carbocycles. The first-order valence-corrected chi connectivity index (χ1v) is 5.31. The fraction of sp³-hybridized carbons (Fsp3) is 0.625. The maximum Gasteiger partial charge on any atom is 0.183 e. The molecule has 0 bridgehead atoms. The molecule has 1 aromatic heterocycles. The van der Waals surface area contributed by atoms with Crippen molar-refractivity contribution in [2.75, 3.05) is 31.1 Å². The van der Waals surface area contributed by atoms with E-state index in [2.05, 4.69) is 19.0 Å². The average Bonchev–Trinajstić information content (AvgIpc) is 2.67. The minimum Gasteiger partial charge on any atom is -0.351 e. The van der Waals surface area contributed by atoms with Gasteiger partial charge >= 0.3 is 0 Å². The highest BCUT2D eigenvalue weighted by molar-refractivity contribution is 6.99. The molecule has 0 spiro atoms. The molecule has 0 amide bonds. The number of hydrogen-bond acceptors (Lipinski definition) is 6. The van der Waals surface area contributed by atoms with Crippen molar-refractivity contribution in [2.24, 2.45) is 0 Å². The third kappa shape index (κ3) is 1.76. The number of piperazine rings is 1. The molecule has 1 aliphatic heterocycles. The van der Waals surface area contributed by atoms with E-state index in [0.717, 1.165) is 43.7 Å². The van der Waals surface area contributed by atoms with Gasteiger partial charge in [-0.25, -0.2) is 0 Å². The van der Waals surface area contributed by atoms with Gasteiger partial charge in [0.25, 0.3) is 0 Å². The first-order chi connectivity index (χ1) is 6.79. The van der Waals surface area contributed by atoms with Crippen molar-refractivity contribution >= 4 is 23.3 Å². The van der Waals surface area contributed by atoms with Crippen LogP contribution in [0.1, 0.15) is 17.4 Å². The highest BCUT2D eigenvalue weighted by Crippen LogP contribution is 2.18. The number of ketones is 1. The third-order valence-electron chi connectivity index (χ3n) is 2.22. The number of Topliss-reactive ketones (excluding diaryl/α,β-unsaturated/α-hetero) is 1. The maximum atomic E-state index is 11.2. The van der Waals surface area contributed by atoms with Crippen LogP contribution < -0.4 is 10.2 Å². The van der Waals surface area contributed by atoms with Gasteiger partial charge in [0.05, 0.1) is 11.7 Å². The molecule has 1 aliphatic rings. The van der Waals surface area contributed by atoms with Crippen LogP contribution in [0.15, 0.2) is 0 Å². The van der Waals surface area contributed by atoms with E-state index in [0.29, 0.717) is 5.69 Å². The Morgan fingerprint density at radius 1 is 1.43 bits per heavy atom. The van der Waals surface area contributed by atoms with Crippen LogP contribution in [0.2, 0.25) is 0 Å². The predicted octanol–water partition coefficient (Wildman–Crippen LogP) is 0.150. The summed E-state index contributed by atoms with van der Waals surface area (Å²) in [6, 6.07) is 0. The molecule has 14 heavy (non-hydrogen) atoms. The standard InChI is InChI=1S/C8H12N4OS/c1-6(13)7-8(11-14-10-7)12-4-2-9-3-5-12/h9H,2-5H2,1H3. The molecule has 1 fully saturated rings. The van der Waals surface area contributed by atoms with E-state index in [1.807, 2.05) is 0 Å². The van der Waals surface area contributed by atoms with Crippen LogP contribution in [0.25, 0.3) is 0 Å². The van der Waals surface area contributed by atoms with E-state index in [4.69, 9.17) is 0 Å². The van der Waals surface area contributed by atoms with Crippen molar-refractivity contribution < 1.29 is 4.79 Å². The smallest absolute Gasteiger partial charge is 0.183 e. The van der Waals surface area contributed by atoms with Gasteiger partial charge in [0.1, 0.15) is 0 Å². The van der Waals surface area contributed by atoms with Crippen LogP contribution in [0.5, 0.6) is 0 Å². The van der Waals surface area contributed by atoms with Gasteiger partial charge in [-0.2, -0.15) is 8.75 Å². The molecule has 0 atom stereocenters. The first-order valence-electron chi connectivity index (χ1n) is 4.58. The molecule has 1 saturated heterocycles. The Morgan fingerprint density at radius 3 is 2.79 bits per heavy atom. The first kappa shape index (κ1) is 9.54. The summed E-state index contributed by atoms with van der Waals surface area (Å²) in [5, 5.41) is 3.25. The fourth-order valence-electron chi connectivity index (χ4n) is 1.49. The second-order valence-electron chi connectivity index (χ2n) is 3.23. The lowest BCUT2D eigenvalue weighted by Gasteiger charge is -2.27. The van der Waals surface area contributed by atoms with E-state index in [-0.39, 0.29) is 5.78 Å². The van der Waals surface area contributed by atoms with E-state index < -0.39 is 0 Å². The molecule has 1 N–H and O–H groups in total. The van der Waals surface area contributed by atoms with Crippen molar-refractivity contribution in [3.8, 4) is 0 Å². The zero-order chi connectivity index (χ0) is 9.97. The molecule has 6 heteroatoms. The second kappa shape index (κ2) is 4.02. The summed E-state index contributed by atoms with van der Waals surface area (Å²) < 4.78 is 8.18. The minimum atomic E-state index is -0.00715. The molecule has 5 nitrogen and oxygen atoms in total. The lowest BCUT2D eigenvalue weighted by molar-refractivity contribution is 0.101. The van der Waals surface area contributed by atoms with Gasteiger partial charge in [0.2, 0.25) is 0 Å². The van der Waals surface area contributed by atoms with Gasteiger partial charge in [-0.3, -0.25) is 4.79 Å². The van der Waals surface area contributed by atoms with Gasteiger partial charge < -0.3 is 10.2 Å². The van der Waals surface area contributed by atoms with E-state index >= 15 is 0 Å². The van der Waals surface area contributed by atoms with Crippen LogP contribution >= 0.6 is 11.7 Å². The van der Waals surface area contributed by atoms with Crippen molar-refractivity contribution in [3.63, 3.8) is 0 Å². The maximum absolute atomic E-state index is 11.2. The molecular weight excluding hydrogens is 200 g/mol. The third-order valence-corrected chi connectivity index (χ3v) is 2.74. The second-order valence-corrected chi connectivity index (χ2v) is 3.76. The summed E-state index contributed by atoms with van der Waals surface area (Å²) in [5.74, 6) is 0.747. The molecule has 0 aliphatic carbocycles. The van der Waals surface area contributed by atoms with Crippen LogP contribution in [0, 0.1) is 0 Å². The van der Waals surface area contributed by atoms with Gasteiger partial charge in [-0.15, -0.1) is 0 Å². The monoisotopic (exact) mass is 212 g/mol. The topological polar surface area (TPSA) is 58.1 Å². The number of nitrogens with one attached hydrogen (secondary N) is 1. The number of aromatic nitrogens is 2. The Morgan fingerprint density at radius 2 is 2.14 bits per heavy atom. The average molecular weight is 212 g/mol. The van der Waals surface area contributed by atoms with Gasteiger partial charge in [0.15, 0.2) is 17.3 Å². The number of carbonyl (C=O) groups excluding carboxylic acids is 1. The summed E-state index contributed by atoms with van der Waals surface area (Å²) >= 11 is 1.11. The Labute approximate surface area is 86.4 Å². The number of carbonyl (C=O) groups is 1. The normalized spacial score (nSPS) is 17.1. The van der Waals surface area contributed by atoms with Crippen molar-refractivity contribution in [3.05, 3.63) is 5.69 Å². The Balaban J connectivity index is 2.21. The Kier molecular flexibility index (Phi) is 2.74. The van der Waals surface area contributed by atoms with Crippen LogP contribution in [-0.2, 0) is 0 Å². The molecule has 0 radical (unpaired) electrons. The highest BCUT2D eigenvalue weighted by Gasteiger charge is 2.20. The summed E-state index contributed by atoms with van der Waals surface area (Å²) in [5.41, 5.74) is 0.511. The number of hydrogen-bond donors (Lipinski definition) is 1. The van der Waals surface area contributed by atoms with Crippen molar-refractivity contribution in [2.45, 2.75) is 6.92 Å². The summed E-state index contributed by atoms with van der Waals surface area (Å²) in [4.78, 5) is 13.3. The van der Waals surface area contributed by atoms with Gasteiger partial charge in [-0.05, 0) is 0 Å².